The van der Waals surface area contributed by atoms with Crippen molar-refractivity contribution in [2.75, 3.05) is 16.8 Å². The summed E-state index contributed by atoms with van der Waals surface area (Å²) in [4.78, 5) is 5.60. The third-order valence-electron chi connectivity index (χ3n) is 13.3. The SMILES string of the molecule is Cc1c(C)c(C)c2c(c1C)B1c3c(c(C)c(C)c(C)c3N2C)-c2c(C)c(C)c(C)c3c2N1C1(C)CCCCC31C. The third-order valence-corrected chi connectivity index (χ3v) is 13.3. The van der Waals surface area contributed by atoms with E-state index in [0.717, 1.165) is 0 Å². The zero-order valence-corrected chi connectivity index (χ0v) is 27.3. The van der Waals surface area contributed by atoms with Gasteiger partial charge in [0, 0.05) is 40.6 Å². The van der Waals surface area contributed by atoms with E-state index in [4.69, 9.17) is 0 Å². The molecule has 40 heavy (non-hydrogen) atoms. The monoisotopic (exact) mass is 530 g/mol. The lowest BCUT2D eigenvalue weighted by molar-refractivity contribution is 0.198. The lowest BCUT2D eigenvalue weighted by Crippen LogP contribution is -2.71. The van der Waals surface area contributed by atoms with Crippen LogP contribution in [0.25, 0.3) is 11.1 Å². The standard InChI is InChI=1S/C37H47BN2/c1-18-19(2)26(9)33-31(25(18)8)38-32-28(22(5)21(4)27(10)34(32)39(33)13)29-23(6)20(3)24(7)30-35(29)40(38)37(12)17-15-14-16-36(30,37)11/h14-17H2,1-13H3. The zero-order valence-electron chi connectivity index (χ0n) is 27.3. The van der Waals surface area contributed by atoms with Gasteiger partial charge < -0.3 is 9.71 Å². The van der Waals surface area contributed by atoms with Crippen LogP contribution in [-0.2, 0) is 5.41 Å². The molecule has 0 bridgehead atoms. The Labute approximate surface area is 243 Å². The molecule has 1 saturated carbocycles. The highest BCUT2D eigenvalue weighted by atomic mass is 15.2. The van der Waals surface area contributed by atoms with Crippen LogP contribution < -0.4 is 20.6 Å². The minimum absolute atomic E-state index is 0.0754. The Bertz CT molecular complexity index is 1710. The molecule has 3 aliphatic heterocycles. The van der Waals surface area contributed by atoms with Gasteiger partial charge in [-0.2, -0.15) is 0 Å². The van der Waals surface area contributed by atoms with Gasteiger partial charge in [0.15, 0.2) is 0 Å². The molecule has 0 amide bonds. The van der Waals surface area contributed by atoms with Crippen molar-refractivity contribution < 1.29 is 0 Å². The van der Waals surface area contributed by atoms with Crippen LogP contribution in [0.15, 0.2) is 0 Å². The maximum Gasteiger partial charge on any atom is 0.329 e. The number of rotatable bonds is 0. The highest BCUT2D eigenvalue weighted by Gasteiger charge is 2.64. The molecule has 0 spiro atoms. The first-order chi connectivity index (χ1) is 18.7. The van der Waals surface area contributed by atoms with Crippen molar-refractivity contribution in [3.05, 3.63) is 61.2 Å². The number of fused-ring (bicyclic) bond motifs is 7. The Morgan fingerprint density at radius 3 is 1.68 bits per heavy atom. The molecular weight excluding hydrogens is 483 g/mol. The summed E-state index contributed by atoms with van der Waals surface area (Å²) < 4.78 is 0. The van der Waals surface area contributed by atoms with Crippen LogP contribution in [0, 0.1) is 69.2 Å². The molecule has 1 fully saturated rings. The second kappa shape index (κ2) is 7.78. The second-order valence-corrected chi connectivity index (χ2v) is 14.4. The first kappa shape index (κ1) is 26.2. The molecule has 7 rings (SSSR count). The smallest absolute Gasteiger partial charge is 0.329 e. The van der Waals surface area contributed by atoms with E-state index in [9.17, 15) is 0 Å². The van der Waals surface area contributed by atoms with Gasteiger partial charge in [-0.15, -0.1) is 0 Å². The molecule has 3 heteroatoms. The molecule has 1 aliphatic carbocycles. The fourth-order valence-electron chi connectivity index (χ4n) is 10.1. The molecule has 2 atom stereocenters. The number of hydrogen-bond acceptors (Lipinski definition) is 2. The van der Waals surface area contributed by atoms with Crippen LogP contribution in [0.3, 0.4) is 0 Å². The van der Waals surface area contributed by atoms with E-state index >= 15 is 0 Å². The van der Waals surface area contributed by atoms with Crippen molar-refractivity contribution in [1.82, 2.24) is 0 Å². The Balaban J connectivity index is 1.77. The van der Waals surface area contributed by atoms with Gasteiger partial charge in [0.05, 0.1) is 0 Å². The van der Waals surface area contributed by atoms with E-state index in [1.807, 2.05) is 0 Å². The molecule has 208 valence electrons. The highest BCUT2D eigenvalue weighted by molar-refractivity contribution is 6.93. The first-order valence-corrected chi connectivity index (χ1v) is 15.6. The summed E-state index contributed by atoms with van der Waals surface area (Å²) in [7, 11) is 2.35. The van der Waals surface area contributed by atoms with Crippen LogP contribution in [0.2, 0.25) is 0 Å². The Kier molecular flexibility index (Phi) is 5.10. The van der Waals surface area contributed by atoms with E-state index in [1.54, 1.807) is 27.7 Å². The van der Waals surface area contributed by atoms with Crippen molar-refractivity contribution in [2.24, 2.45) is 0 Å². The van der Waals surface area contributed by atoms with Crippen molar-refractivity contribution in [3.63, 3.8) is 0 Å². The maximum absolute atomic E-state index is 3.02. The molecule has 4 aliphatic rings. The molecule has 0 radical (unpaired) electrons. The molecule has 3 heterocycles. The molecule has 2 unspecified atom stereocenters. The van der Waals surface area contributed by atoms with E-state index in [0.29, 0.717) is 0 Å². The predicted octanol–water partition coefficient (Wildman–Crippen LogP) is 8.05. The summed E-state index contributed by atoms with van der Waals surface area (Å²) in [5, 5.41) is 0. The molecule has 0 saturated heterocycles. The Hall–Kier alpha value is -2.68. The van der Waals surface area contributed by atoms with Crippen molar-refractivity contribution in [1.29, 1.82) is 0 Å². The van der Waals surface area contributed by atoms with Crippen molar-refractivity contribution in [2.45, 2.75) is 120 Å². The van der Waals surface area contributed by atoms with Crippen LogP contribution in [0.5, 0.6) is 0 Å². The molecule has 0 aromatic heterocycles. The first-order valence-electron chi connectivity index (χ1n) is 15.6. The minimum Gasteiger partial charge on any atom is -0.400 e. The van der Waals surface area contributed by atoms with Gasteiger partial charge in [0.2, 0.25) is 0 Å². The summed E-state index contributed by atoms with van der Waals surface area (Å²) in [6, 6.07) is 0. The summed E-state index contributed by atoms with van der Waals surface area (Å²) in [6.45, 7) is 29.4. The van der Waals surface area contributed by atoms with Crippen LogP contribution >= 0.6 is 0 Å². The number of anilines is 3. The summed E-state index contributed by atoms with van der Waals surface area (Å²) in [5.74, 6) is 0. The maximum atomic E-state index is 3.02. The Morgan fingerprint density at radius 2 is 1.02 bits per heavy atom. The molecule has 0 N–H and O–H groups in total. The van der Waals surface area contributed by atoms with Crippen molar-refractivity contribution >= 4 is 34.8 Å². The topological polar surface area (TPSA) is 6.48 Å². The van der Waals surface area contributed by atoms with E-state index in [1.165, 1.54) is 98.3 Å². The van der Waals surface area contributed by atoms with Gasteiger partial charge in [-0.1, -0.05) is 19.8 Å². The Morgan fingerprint density at radius 1 is 0.525 bits per heavy atom. The van der Waals surface area contributed by atoms with E-state index in [2.05, 4.69) is 99.8 Å². The van der Waals surface area contributed by atoms with E-state index < -0.39 is 0 Å². The van der Waals surface area contributed by atoms with Crippen LogP contribution in [-0.4, -0.2) is 19.4 Å². The second-order valence-electron chi connectivity index (χ2n) is 14.4. The fourth-order valence-corrected chi connectivity index (χ4v) is 10.1. The third kappa shape index (κ3) is 2.57. The molecular formula is C37H47BN2. The van der Waals surface area contributed by atoms with Gasteiger partial charge in [-0.25, -0.2) is 0 Å². The van der Waals surface area contributed by atoms with Crippen LogP contribution in [0.4, 0.5) is 17.1 Å². The number of benzene rings is 3. The van der Waals surface area contributed by atoms with E-state index in [-0.39, 0.29) is 17.8 Å². The summed E-state index contributed by atoms with van der Waals surface area (Å²) >= 11 is 0. The van der Waals surface area contributed by atoms with Gasteiger partial charge in [0.1, 0.15) is 0 Å². The lowest BCUT2D eigenvalue weighted by atomic mass is 9.40. The normalized spacial score (nSPS) is 23.8. The average Bonchev–Trinajstić information content (AvgIpc) is 3.13. The predicted molar refractivity (Wildman–Crippen MR) is 175 cm³/mol. The highest BCUT2D eigenvalue weighted by Crippen LogP contribution is 2.65. The van der Waals surface area contributed by atoms with Gasteiger partial charge >= 0.3 is 6.85 Å². The largest absolute Gasteiger partial charge is 0.400 e. The average molecular weight is 531 g/mol. The summed E-state index contributed by atoms with van der Waals surface area (Å²) in [6.07, 6.45) is 5.19. The van der Waals surface area contributed by atoms with Gasteiger partial charge in [0.25, 0.3) is 0 Å². The van der Waals surface area contributed by atoms with Crippen molar-refractivity contribution in [3.8, 4) is 11.1 Å². The fraction of sp³-hybridized carbons (Fsp3) is 0.514. The lowest BCUT2D eigenvalue weighted by Gasteiger charge is -2.56. The minimum atomic E-state index is 0.0754. The quantitative estimate of drug-likeness (QED) is 0.271. The summed E-state index contributed by atoms with van der Waals surface area (Å²) in [5.41, 5.74) is 27.3. The molecule has 3 aromatic carbocycles. The zero-order chi connectivity index (χ0) is 29.0. The molecule has 2 nitrogen and oxygen atoms in total. The van der Waals surface area contributed by atoms with Gasteiger partial charge in [-0.3, -0.25) is 0 Å². The number of hydrogen-bond donors (Lipinski definition) is 0. The number of nitrogens with zero attached hydrogens (tertiary/aromatic N) is 2. The van der Waals surface area contributed by atoms with Gasteiger partial charge in [-0.05, 0) is 167 Å². The van der Waals surface area contributed by atoms with Crippen LogP contribution in [0.1, 0.15) is 101 Å². The molecule has 3 aromatic rings.